The van der Waals surface area contributed by atoms with Crippen LogP contribution in [0.3, 0.4) is 0 Å². The minimum absolute atomic E-state index is 0.0971. The molecule has 3 aromatic carbocycles. The molecule has 244 valence electrons. The molecule has 0 saturated carbocycles. The third-order valence-corrected chi connectivity index (χ3v) is 8.91. The van der Waals surface area contributed by atoms with Crippen molar-refractivity contribution in [3.05, 3.63) is 94.5 Å². The summed E-state index contributed by atoms with van der Waals surface area (Å²) in [7, 11) is 0. The van der Waals surface area contributed by atoms with Crippen molar-refractivity contribution in [3.63, 3.8) is 0 Å². The highest BCUT2D eigenvalue weighted by Crippen LogP contribution is 2.50. The largest absolute Gasteiger partial charge is 0.508 e. The van der Waals surface area contributed by atoms with Crippen LogP contribution < -0.4 is 5.32 Å². The smallest absolute Gasteiger partial charge is 0.459 e. The van der Waals surface area contributed by atoms with Gasteiger partial charge in [0, 0.05) is 6.42 Å². The lowest BCUT2D eigenvalue weighted by molar-refractivity contribution is -0.352. The van der Waals surface area contributed by atoms with Crippen LogP contribution in [0.4, 0.5) is 30.7 Å². The van der Waals surface area contributed by atoms with E-state index in [1.807, 2.05) is 36.4 Å². The molecule has 0 spiro atoms. The van der Waals surface area contributed by atoms with Crippen molar-refractivity contribution in [1.82, 2.24) is 5.32 Å². The molecular weight excluding hydrogens is 603 g/mol. The first-order valence-electron chi connectivity index (χ1n) is 14.8. The number of phenols is 2. The fourth-order valence-corrected chi connectivity index (χ4v) is 6.15. The highest BCUT2D eigenvalue weighted by molar-refractivity contribution is 5.76. The van der Waals surface area contributed by atoms with Gasteiger partial charge in [-0.2, -0.15) is 30.7 Å². The molecule has 0 radical (unpaired) electrons. The number of aryl methyl sites for hydroxylation is 3. The number of hydrogen-bond acceptors (Lipinski definition) is 3. The zero-order valence-electron chi connectivity index (χ0n) is 24.7. The van der Waals surface area contributed by atoms with Gasteiger partial charge in [0.15, 0.2) is 0 Å². The second-order valence-corrected chi connectivity index (χ2v) is 12.0. The van der Waals surface area contributed by atoms with E-state index in [-0.39, 0.29) is 35.7 Å². The van der Waals surface area contributed by atoms with Crippen LogP contribution in [-0.2, 0) is 29.5 Å². The van der Waals surface area contributed by atoms with Crippen LogP contribution in [0.5, 0.6) is 11.5 Å². The summed E-state index contributed by atoms with van der Waals surface area (Å²) in [5.74, 6) is -12.1. The van der Waals surface area contributed by atoms with Crippen LogP contribution in [0.15, 0.2) is 66.7 Å². The van der Waals surface area contributed by atoms with Crippen LogP contribution in [0.1, 0.15) is 72.8 Å². The van der Waals surface area contributed by atoms with Crippen molar-refractivity contribution in [1.29, 1.82) is 0 Å². The maximum Gasteiger partial charge on any atom is 0.459 e. The van der Waals surface area contributed by atoms with Gasteiger partial charge in [0.25, 0.3) is 0 Å². The van der Waals surface area contributed by atoms with Crippen LogP contribution in [0, 0.1) is 0 Å². The lowest BCUT2D eigenvalue weighted by Gasteiger charge is -2.43. The first-order chi connectivity index (χ1) is 21.0. The molecule has 11 heteroatoms. The highest BCUT2D eigenvalue weighted by Gasteiger charge is 2.72. The second kappa shape index (κ2) is 13.3. The third kappa shape index (κ3) is 7.73. The Labute approximate surface area is 257 Å². The average Bonchev–Trinajstić information content (AvgIpc) is 2.98. The molecule has 2 atom stereocenters. The van der Waals surface area contributed by atoms with E-state index in [4.69, 9.17) is 0 Å². The third-order valence-electron chi connectivity index (χ3n) is 8.91. The Morgan fingerprint density at radius 2 is 1.44 bits per heavy atom. The van der Waals surface area contributed by atoms with Crippen LogP contribution in [-0.4, -0.2) is 40.7 Å². The number of halogens is 7. The van der Waals surface area contributed by atoms with Crippen molar-refractivity contribution < 1.29 is 45.7 Å². The van der Waals surface area contributed by atoms with E-state index in [2.05, 4.69) is 6.92 Å². The van der Waals surface area contributed by atoms with E-state index < -0.39 is 30.5 Å². The summed E-state index contributed by atoms with van der Waals surface area (Å²) in [6, 6.07) is 20.2. The molecule has 0 saturated heterocycles. The van der Waals surface area contributed by atoms with Gasteiger partial charge >= 0.3 is 18.0 Å². The van der Waals surface area contributed by atoms with Crippen LogP contribution >= 0.6 is 0 Å². The van der Waals surface area contributed by atoms with Crippen molar-refractivity contribution in [2.75, 3.05) is 6.54 Å². The van der Waals surface area contributed by atoms with Gasteiger partial charge in [0.05, 0.1) is 6.54 Å². The number of unbranched alkanes of at least 4 members (excludes halogenated alkanes) is 1. The minimum Gasteiger partial charge on any atom is -0.508 e. The summed E-state index contributed by atoms with van der Waals surface area (Å²) in [6.07, 6.45) is -1.43. The Balaban J connectivity index is 1.29. The number of benzene rings is 3. The molecule has 1 aliphatic carbocycles. The lowest BCUT2D eigenvalue weighted by Crippen LogP contribution is -2.56. The van der Waals surface area contributed by atoms with E-state index in [0.29, 0.717) is 5.56 Å². The molecule has 0 aromatic heterocycles. The van der Waals surface area contributed by atoms with E-state index in [1.54, 1.807) is 30.3 Å². The maximum atomic E-state index is 13.4. The Hall–Kier alpha value is -3.76. The van der Waals surface area contributed by atoms with Gasteiger partial charge in [-0.1, -0.05) is 55.8 Å². The molecule has 0 bridgehead atoms. The normalized spacial score (nSPS) is 18.8. The average molecular weight is 640 g/mol. The van der Waals surface area contributed by atoms with Crippen molar-refractivity contribution in [3.8, 4) is 11.5 Å². The summed E-state index contributed by atoms with van der Waals surface area (Å²) in [5, 5.41) is 21.3. The first-order valence-corrected chi connectivity index (χ1v) is 14.8. The number of amides is 1. The summed E-state index contributed by atoms with van der Waals surface area (Å²) >= 11 is 0. The first kappa shape index (κ1) is 34.1. The Kier molecular flexibility index (Phi) is 10.1. The molecule has 1 aliphatic rings. The monoisotopic (exact) mass is 639 g/mol. The second-order valence-electron chi connectivity index (χ2n) is 12.0. The summed E-state index contributed by atoms with van der Waals surface area (Å²) in [6.45, 7) is 0.127. The van der Waals surface area contributed by atoms with Gasteiger partial charge in [0.2, 0.25) is 5.91 Å². The number of aromatic hydroxyl groups is 2. The predicted molar refractivity (Wildman–Crippen MR) is 156 cm³/mol. The van der Waals surface area contributed by atoms with Crippen LogP contribution in [0.25, 0.3) is 0 Å². The van der Waals surface area contributed by atoms with Gasteiger partial charge in [-0.15, -0.1) is 0 Å². The van der Waals surface area contributed by atoms with Gasteiger partial charge in [-0.3, -0.25) is 4.79 Å². The highest BCUT2D eigenvalue weighted by atomic mass is 19.4. The number of hydrogen-bond donors (Lipinski definition) is 3. The fraction of sp³-hybridized carbons (Fsp3) is 0.441. The Morgan fingerprint density at radius 3 is 2.07 bits per heavy atom. The molecule has 0 heterocycles. The van der Waals surface area contributed by atoms with Gasteiger partial charge in [0.1, 0.15) is 11.5 Å². The number of alkyl halides is 7. The predicted octanol–water partition coefficient (Wildman–Crippen LogP) is 8.38. The zero-order valence-corrected chi connectivity index (χ0v) is 24.7. The summed E-state index contributed by atoms with van der Waals surface area (Å²) < 4.78 is 89.6. The number of carbonyl (C=O) groups excluding carboxylic acids is 1. The fourth-order valence-electron chi connectivity index (χ4n) is 6.15. The van der Waals surface area contributed by atoms with Crippen molar-refractivity contribution in [2.45, 2.75) is 87.6 Å². The molecule has 45 heavy (non-hydrogen) atoms. The number of nitrogens with one attached hydrogen (secondary N) is 1. The van der Waals surface area contributed by atoms with Crippen molar-refractivity contribution >= 4 is 5.91 Å². The number of fused-ring (bicyclic) bond motifs is 1. The number of carbonyl (C=O) groups is 1. The van der Waals surface area contributed by atoms with Crippen molar-refractivity contribution in [2.24, 2.45) is 0 Å². The molecule has 0 fully saturated rings. The Bertz CT molecular complexity index is 1460. The van der Waals surface area contributed by atoms with E-state index in [0.717, 1.165) is 55.2 Å². The standard InChI is InChI=1S/C34H36F7NO3/c1-31(25-11-13-26(43)14-12-25)19-18-24-20-27(44)15-16-28(24)29(31)5-3-2-4-22-6-8-23(9-7-22)10-17-30(45)42-21-32(35,36)33(37,38)34(39,40)41/h6-9,11-16,20,29,43-44H,2-5,10,17-19,21H2,1H3,(H,42,45). The molecule has 2 unspecified atom stereocenters. The Morgan fingerprint density at radius 1 is 0.844 bits per heavy atom. The van der Waals surface area contributed by atoms with E-state index in [9.17, 15) is 45.7 Å². The summed E-state index contributed by atoms with van der Waals surface area (Å²) in [5.41, 5.74) is 5.11. The molecule has 0 aliphatic heterocycles. The van der Waals surface area contributed by atoms with Gasteiger partial charge < -0.3 is 15.5 Å². The number of rotatable bonds is 12. The van der Waals surface area contributed by atoms with E-state index in [1.165, 1.54) is 10.9 Å². The van der Waals surface area contributed by atoms with Gasteiger partial charge in [-0.05, 0) is 102 Å². The molecule has 3 aromatic rings. The summed E-state index contributed by atoms with van der Waals surface area (Å²) in [4.78, 5) is 11.9. The maximum absolute atomic E-state index is 13.4. The quantitative estimate of drug-likeness (QED) is 0.138. The topological polar surface area (TPSA) is 69.6 Å². The van der Waals surface area contributed by atoms with E-state index >= 15 is 0 Å². The number of phenolic OH excluding ortho intramolecular Hbond substituents is 2. The zero-order chi connectivity index (χ0) is 33.0. The molecule has 3 N–H and O–H groups in total. The molecule has 4 rings (SSSR count). The SMILES string of the molecule is CC1(c2ccc(O)cc2)CCc2cc(O)ccc2C1CCCCc1ccc(CCC(=O)NCC(F)(F)C(F)(F)C(F)(F)F)cc1. The lowest BCUT2D eigenvalue weighted by atomic mass is 9.60. The molecule has 1 amide bonds. The van der Waals surface area contributed by atoms with Crippen LogP contribution in [0.2, 0.25) is 0 Å². The molecule has 4 nitrogen and oxygen atoms in total. The molecular formula is C34H36F7NO3. The minimum atomic E-state index is -6.44. The van der Waals surface area contributed by atoms with Gasteiger partial charge in [-0.25, -0.2) is 0 Å².